The Morgan fingerprint density at radius 1 is 1.18 bits per heavy atom. The summed E-state index contributed by atoms with van der Waals surface area (Å²) in [5, 5.41) is 3.68. The molecule has 96 valence electrons. The minimum Gasteiger partial charge on any atom is -0.313 e. The molecule has 1 atom stereocenters. The van der Waals surface area contributed by atoms with Crippen molar-refractivity contribution in [2.75, 3.05) is 6.54 Å². The SMILES string of the molecule is CCCNC(Cc1ccccn1)C(CC)CC. The lowest BCUT2D eigenvalue weighted by atomic mass is 9.90. The van der Waals surface area contributed by atoms with E-state index in [0.717, 1.165) is 18.9 Å². The van der Waals surface area contributed by atoms with Gasteiger partial charge in [-0.1, -0.05) is 39.7 Å². The van der Waals surface area contributed by atoms with Gasteiger partial charge in [-0.25, -0.2) is 0 Å². The summed E-state index contributed by atoms with van der Waals surface area (Å²) in [6.07, 6.45) is 6.61. The molecule has 1 unspecified atom stereocenters. The van der Waals surface area contributed by atoms with E-state index in [1.807, 2.05) is 12.3 Å². The lowest BCUT2D eigenvalue weighted by Crippen LogP contribution is -2.38. The third-order valence-electron chi connectivity index (χ3n) is 3.43. The Morgan fingerprint density at radius 2 is 1.94 bits per heavy atom. The second kappa shape index (κ2) is 8.24. The van der Waals surface area contributed by atoms with Crippen molar-refractivity contribution in [3.05, 3.63) is 30.1 Å². The molecule has 0 saturated carbocycles. The molecular weight excluding hydrogens is 208 g/mol. The van der Waals surface area contributed by atoms with Gasteiger partial charge in [-0.15, -0.1) is 0 Å². The summed E-state index contributed by atoms with van der Waals surface area (Å²) in [4.78, 5) is 4.44. The fourth-order valence-electron chi connectivity index (χ4n) is 2.34. The van der Waals surface area contributed by atoms with Crippen LogP contribution in [0.2, 0.25) is 0 Å². The van der Waals surface area contributed by atoms with Crippen LogP contribution in [0.3, 0.4) is 0 Å². The molecule has 1 aromatic heterocycles. The van der Waals surface area contributed by atoms with Gasteiger partial charge in [0.15, 0.2) is 0 Å². The van der Waals surface area contributed by atoms with E-state index >= 15 is 0 Å². The summed E-state index contributed by atoms with van der Waals surface area (Å²) < 4.78 is 0. The third-order valence-corrected chi connectivity index (χ3v) is 3.43. The highest BCUT2D eigenvalue weighted by molar-refractivity contribution is 5.05. The molecule has 0 aromatic carbocycles. The largest absolute Gasteiger partial charge is 0.313 e. The zero-order chi connectivity index (χ0) is 12.5. The molecule has 17 heavy (non-hydrogen) atoms. The summed E-state index contributed by atoms with van der Waals surface area (Å²) >= 11 is 0. The molecule has 0 aliphatic carbocycles. The number of nitrogens with one attached hydrogen (secondary N) is 1. The lowest BCUT2D eigenvalue weighted by molar-refractivity contribution is 0.330. The predicted molar refractivity (Wildman–Crippen MR) is 74.1 cm³/mol. The number of aromatic nitrogens is 1. The van der Waals surface area contributed by atoms with Crippen LogP contribution in [0.15, 0.2) is 24.4 Å². The quantitative estimate of drug-likeness (QED) is 0.745. The summed E-state index contributed by atoms with van der Waals surface area (Å²) in [5.74, 6) is 0.753. The number of pyridine rings is 1. The zero-order valence-electron chi connectivity index (χ0n) is 11.4. The summed E-state index contributed by atoms with van der Waals surface area (Å²) in [6, 6.07) is 6.75. The molecule has 1 heterocycles. The van der Waals surface area contributed by atoms with Crippen LogP contribution in [0.25, 0.3) is 0 Å². The molecule has 1 N–H and O–H groups in total. The van der Waals surface area contributed by atoms with Gasteiger partial charge in [0, 0.05) is 24.4 Å². The van der Waals surface area contributed by atoms with Crippen LogP contribution in [0.1, 0.15) is 45.7 Å². The Morgan fingerprint density at radius 3 is 2.47 bits per heavy atom. The van der Waals surface area contributed by atoms with Crippen molar-refractivity contribution >= 4 is 0 Å². The molecule has 2 heteroatoms. The van der Waals surface area contributed by atoms with Gasteiger partial charge in [-0.05, 0) is 31.0 Å². The molecule has 0 spiro atoms. The average molecular weight is 234 g/mol. The highest BCUT2D eigenvalue weighted by atomic mass is 14.9. The molecule has 1 aromatic rings. The fraction of sp³-hybridized carbons (Fsp3) is 0.667. The molecule has 0 saturated heterocycles. The van der Waals surface area contributed by atoms with E-state index in [2.05, 4.69) is 43.2 Å². The van der Waals surface area contributed by atoms with Gasteiger partial charge < -0.3 is 5.32 Å². The lowest BCUT2D eigenvalue weighted by Gasteiger charge is -2.26. The first kappa shape index (κ1) is 14.2. The topological polar surface area (TPSA) is 24.9 Å². The number of rotatable bonds is 8. The van der Waals surface area contributed by atoms with Crippen LogP contribution in [0.5, 0.6) is 0 Å². The first-order valence-electron chi connectivity index (χ1n) is 6.95. The Bertz CT molecular complexity index is 280. The number of hydrogen-bond donors (Lipinski definition) is 1. The van der Waals surface area contributed by atoms with E-state index in [9.17, 15) is 0 Å². The molecule has 0 fully saturated rings. The first-order valence-corrected chi connectivity index (χ1v) is 6.95. The normalized spacial score (nSPS) is 12.9. The van der Waals surface area contributed by atoms with Crippen LogP contribution >= 0.6 is 0 Å². The Balaban J connectivity index is 2.62. The van der Waals surface area contributed by atoms with Crippen LogP contribution in [0.4, 0.5) is 0 Å². The molecule has 0 aliphatic rings. The molecule has 0 radical (unpaired) electrons. The average Bonchev–Trinajstić information content (AvgIpc) is 2.38. The van der Waals surface area contributed by atoms with Gasteiger partial charge in [-0.3, -0.25) is 4.98 Å². The Hall–Kier alpha value is -0.890. The van der Waals surface area contributed by atoms with E-state index < -0.39 is 0 Å². The zero-order valence-corrected chi connectivity index (χ0v) is 11.4. The van der Waals surface area contributed by atoms with Crippen LogP contribution in [-0.2, 0) is 6.42 Å². The van der Waals surface area contributed by atoms with Crippen LogP contribution < -0.4 is 5.32 Å². The maximum atomic E-state index is 4.44. The maximum absolute atomic E-state index is 4.44. The van der Waals surface area contributed by atoms with Crippen LogP contribution in [-0.4, -0.2) is 17.6 Å². The number of hydrogen-bond acceptors (Lipinski definition) is 2. The van der Waals surface area contributed by atoms with Crippen molar-refractivity contribution in [3.8, 4) is 0 Å². The summed E-state index contributed by atoms with van der Waals surface area (Å²) in [5.41, 5.74) is 1.20. The second-order valence-electron chi connectivity index (χ2n) is 4.66. The van der Waals surface area contributed by atoms with Crippen molar-refractivity contribution in [2.45, 2.75) is 52.5 Å². The molecule has 0 bridgehead atoms. The van der Waals surface area contributed by atoms with Gasteiger partial charge in [0.2, 0.25) is 0 Å². The molecule has 0 aliphatic heterocycles. The van der Waals surface area contributed by atoms with Crippen molar-refractivity contribution in [2.24, 2.45) is 5.92 Å². The standard InChI is InChI=1S/C15H26N2/c1-4-10-17-15(13(5-2)6-3)12-14-9-7-8-11-16-14/h7-9,11,13,15,17H,4-6,10,12H2,1-3H3. The second-order valence-corrected chi connectivity index (χ2v) is 4.66. The fourth-order valence-corrected chi connectivity index (χ4v) is 2.34. The monoisotopic (exact) mass is 234 g/mol. The minimum atomic E-state index is 0.569. The minimum absolute atomic E-state index is 0.569. The highest BCUT2D eigenvalue weighted by Gasteiger charge is 2.18. The van der Waals surface area contributed by atoms with Gasteiger partial charge >= 0.3 is 0 Å². The van der Waals surface area contributed by atoms with Crippen molar-refractivity contribution in [1.29, 1.82) is 0 Å². The van der Waals surface area contributed by atoms with E-state index in [1.54, 1.807) is 0 Å². The Kier molecular flexibility index (Phi) is 6.87. The molecular formula is C15H26N2. The predicted octanol–water partition coefficient (Wildman–Crippen LogP) is 3.43. The molecule has 2 nitrogen and oxygen atoms in total. The third kappa shape index (κ3) is 4.86. The highest BCUT2D eigenvalue weighted by Crippen LogP contribution is 2.16. The van der Waals surface area contributed by atoms with Gasteiger partial charge in [0.25, 0.3) is 0 Å². The van der Waals surface area contributed by atoms with Crippen LogP contribution in [0, 0.1) is 5.92 Å². The van der Waals surface area contributed by atoms with Crippen molar-refractivity contribution in [1.82, 2.24) is 10.3 Å². The van der Waals surface area contributed by atoms with Crippen molar-refractivity contribution < 1.29 is 0 Å². The van der Waals surface area contributed by atoms with E-state index in [4.69, 9.17) is 0 Å². The summed E-state index contributed by atoms with van der Waals surface area (Å²) in [6.45, 7) is 7.89. The van der Waals surface area contributed by atoms with Gasteiger partial charge in [0.05, 0.1) is 0 Å². The summed E-state index contributed by atoms with van der Waals surface area (Å²) in [7, 11) is 0. The van der Waals surface area contributed by atoms with Gasteiger partial charge in [0.1, 0.15) is 0 Å². The van der Waals surface area contributed by atoms with E-state index in [1.165, 1.54) is 25.0 Å². The van der Waals surface area contributed by atoms with Gasteiger partial charge in [-0.2, -0.15) is 0 Å². The molecule has 1 rings (SSSR count). The number of nitrogens with zero attached hydrogens (tertiary/aromatic N) is 1. The van der Waals surface area contributed by atoms with E-state index in [0.29, 0.717) is 6.04 Å². The first-order chi connectivity index (χ1) is 8.31. The van der Waals surface area contributed by atoms with E-state index in [-0.39, 0.29) is 0 Å². The Labute approximate surface area is 106 Å². The smallest absolute Gasteiger partial charge is 0.0419 e. The maximum Gasteiger partial charge on any atom is 0.0419 e. The molecule has 0 amide bonds. The van der Waals surface area contributed by atoms with Crippen molar-refractivity contribution in [3.63, 3.8) is 0 Å².